The molecule has 1 aromatic rings. The molecule has 0 aliphatic rings. The molecule has 0 spiro atoms. The predicted octanol–water partition coefficient (Wildman–Crippen LogP) is 1.96. The van der Waals surface area contributed by atoms with Crippen LogP contribution in [0, 0.1) is 0 Å². The minimum atomic E-state index is -0.549. The minimum Gasteiger partial charge on any atom is -0.444 e. The number of rotatable bonds is 2. The Hall–Kier alpha value is -1.78. The van der Waals surface area contributed by atoms with Crippen molar-refractivity contribution in [3.8, 4) is 0 Å². The van der Waals surface area contributed by atoms with Crippen molar-refractivity contribution in [2.45, 2.75) is 39.3 Å². The number of nitrogens with one attached hydrogen (secondary N) is 2. The number of ether oxygens (including phenoxy) is 1. The summed E-state index contributed by atoms with van der Waals surface area (Å²) in [6, 6.07) is 2.99. The van der Waals surface area contributed by atoms with E-state index in [1.807, 2.05) is 0 Å². The number of aromatic nitrogens is 1. The summed E-state index contributed by atoms with van der Waals surface area (Å²) < 4.78 is 5.11. The second kappa shape index (κ2) is 5.03. The maximum absolute atomic E-state index is 11.5. The zero-order valence-electron chi connectivity index (χ0n) is 10.5. The molecule has 0 saturated carbocycles. The zero-order valence-corrected chi connectivity index (χ0v) is 10.5. The minimum absolute atomic E-state index is 0.212. The predicted molar refractivity (Wildman–Crippen MR) is 64.8 cm³/mol. The van der Waals surface area contributed by atoms with Crippen molar-refractivity contribution in [3.63, 3.8) is 0 Å². The SMILES string of the molecule is CC(NC(=O)OC(C)(C)C)c1ccc[nH]c1=O. The summed E-state index contributed by atoms with van der Waals surface area (Å²) in [6.07, 6.45) is 1.01. The first-order valence-electron chi connectivity index (χ1n) is 5.47. The molecule has 1 unspecified atom stereocenters. The second-order valence-electron chi connectivity index (χ2n) is 4.82. The number of hydrogen-bond donors (Lipinski definition) is 2. The average Bonchev–Trinajstić information content (AvgIpc) is 2.14. The smallest absolute Gasteiger partial charge is 0.408 e. The molecule has 1 aromatic heterocycles. The van der Waals surface area contributed by atoms with Crippen molar-refractivity contribution < 1.29 is 9.53 Å². The van der Waals surface area contributed by atoms with Crippen molar-refractivity contribution in [2.75, 3.05) is 0 Å². The van der Waals surface area contributed by atoms with Gasteiger partial charge < -0.3 is 15.0 Å². The van der Waals surface area contributed by atoms with Crippen LogP contribution in [0.5, 0.6) is 0 Å². The Morgan fingerprint density at radius 1 is 1.47 bits per heavy atom. The molecule has 0 bridgehead atoms. The van der Waals surface area contributed by atoms with E-state index in [1.165, 1.54) is 0 Å². The maximum Gasteiger partial charge on any atom is 0.408 e. The normalized spacial score (nSPS) is 12.9. The zero-order chi connectivity index (χ0) is 13.1. The van der Waals surface area contributed by atoms with E-state index in [4.69, 9.17) is 4.74 Å². The number of carbonyl (C=O) groups is 1. The molecule has 0 radical (unpaired) electrons. The molecule has 17 heavy (non-hydrogen) atoms. The van der Waals surface area contributed by atoms with Crippen LogP contribution in [0.2, 0.25) is 0 Å². The lowest BCUT2D eigenvalue weighted by Crippen LogP contribution is -2.35. The fourth-order valence-electron chi connectivity index (χ4n) is 1.34. The van der Waals surface area contributed by atoms with Gasteiger partial charge >= 0.3 is 6.09 Å². The lowest BCUT2D eigenvalue weighted by atomic mass is 10.1. The molecule has 5 nitrogen and oxygen atoms in total. The van der Waals surface area contributed by atoms with E-state index in [1.54, 1.807) is 46.0 Å². The van der Waals surface area contributed by atoms with E-state index in [0.29, 0.717) is 5.56 Å². The van der Waals surface area contributed by atoms with E-state index in [-0.39, 0.29) is 5.56 Å². The van der Waals surface area contributed by atoms with Gasteiger partial charge in [0.1, 0.15) is 5.60 Å². The van der Waals surface area contributed by atoms with Crippen molar-refractivity contribution in [1.29, 1.82) is 0 Å². The Balaban J connectivity index is 2.68. The fourth-order valence-corrected chi connectivity index (χ4v) is 1.34. The summed E-state index contributed by atoms with van der Waals surface area (Å²) in [7, 11) is 0. The first-order valence-corrected chi connectivity index (χ1v) is 5.47. The number of amides is 1. The van der Waals surface area contributed by atoms with Crippen molar-refractivity contribution in [1.82, 2.24) is 10.3 Å². The molecule has 1 rings (SSSR count). The van der Waals surface area contributed by atoms with Crippen LogP contribution in [0.1, 0.15) is 39.3 Å². The number of pyridine rings is 1. The van der Waals surface area contributed by atoms with Gasteiger partial charge in [0.15, 0.2) is 0 Å². The molecule has 0 aromatic carbocycles. The van der Waals surface area contributed by atoms with Crippen LogP contribution in [0.25, 0.3) is 0 Å². The third kappa shape index (κ3) is 4.30. The number of alkyl carbamates (subject to hydrolysis) is 1. The summed E-state index contributed by atoms with van der Waals surface area (Å²) in [6.45, 7) is 7.08. The molecule has 1 atom stereocenters. The van der Waals surface area contributed by atoms with Crippen LogP contribution in [-0.2, 0) is 4.74 Å². The van der Waals surface area contributed by atoms with E-state index in [9.17, 15) is 9.59 Å². The van der Waals surface area contributed by atoms with Crippen LogP contribution in [0.3, 0.4) is 0 Å². The van der Waals surface area contributed by atoms with Gasteiger partial charge in [-0.15, -0.1) is 0 Å². The summed E-state index contributed by atoms with van der Waals surface area (Å²) in [4.78, 5) is 25.5. The molecule has 1 amide bonds. The van der Waals surface area contributed by atoms with Gasteiger partial charge in [-0.2, -0.15) is 0 Å². The molecule has 0 fully saturated rings. The topological polar surface area (TPSA) is 71.2 Å². The van der Waals surface area contributed by atoms with Gasteiger partial charge in [-0.05, 0) is 33.8 Å². The average molecular weight is 238 g/mol. The van der Waals surface area contributed by atoms with Crippen molar-refractivity contribution in [2.24, 2.45) is 0 Å². The Bertz CT molecular complexity index is 446. The Morgan fingerprint density at radius 2 is 2.12 bits per heavy atom. The van der Waals surface area contributed by atoms with Gasteiger partial charge in [0.05, 0.1) is 6.04 Å². The van der Waals surface area contributed by atoms with Crippen LogP contribution < -0.4 is 10.9 Å². The van der Waals surface area contributed by atoms with E-state index in [2.05, 4.69) is 10.3 Å². The van der Waals surface area contributed by atoms with Crippen molar-refractivity contribution >= 4 is 6.09 Å². The third-order valence-corrected chi connectivity index (χ3v) is 2.05. The Morgan fingerprint density at radius 3 is 2.65 bits per heavy atom. The quantitative estimate of drug-likeness (QED) is 0.827. The molecule has 2 N–H and O–H groups in total. The Kier molecular flexibility index (Phi) is 3.93. The van der Waals surface area contributed by atoms with E-state index >= 15 is 0 Å². The number of hydrogen-bond acceptors (Lipinski definition) is 3. The summed E-state index contributed by atoms with van der Waals surface area (Å²) in [5, 5.41) is 2.61. The maximum atomic E-state index is 11.5. The molecule has 0 aliphatic heterocycles. The fraction of sp³-hybridized carbons (Fsp3) is 0.500. The van der Waals surface area contributed by atoms with Crippen LogP contribution in [-0.4, -0.2) is 16.7 Å². The molecular weight excluding hydrogens is 220 g/mol. The van der Waals surface area contributed by atoms with Gasteiger partial charge in [0, 0.05) is 11.8 Å². The molecule has 5 heteroatoms. The van der Waals surface area contributed by atoms with Gasteiger partial charge in [-0.25, -0.2) is 4.79 Å². The summed E-state index contributed by atoms with van der Waals surface area (Å²) in [5.74, 6) is 0. The highest BCUT2D eigenvalue weighted by atomic mass is 16.6. The largest absolute Gasteiger partial charge is 0.444 e. The highest BCUT2D eigenvalue weighted by Gasteiger charge is 2.19. The molecule has 0 saturated heterocycles. The lowest BCUT2D eigenvalue weighted by molar-refractivity contribution is 0.0507. The molecule has 94 valence electrons. The summed E-state index contributed by atoms with van der Waals surface area (Å²) in [5.41, 5.74) is -0.262. The molecule has 1 heterocycles. The van der Waals surface area contributed by atoms with E-state index in [0.717, 1.165) is 0 Å². The highest BCUT2D eigenvalue weighted by molar-refractivity contribution is 5.68. The van der Waals surface area contributed by atoms with Gasteiger partial charge in [-0.3, -0.25) is 4.79 Å². The van der Waals surface area contributed by atoms with Gasteiger partial charge in [-0.1, -0.05) is 6.07 Å². The first-order chi connectivity index (χ1) is 7.79. The van der Waals surface area contributed by atoms with E-state index < -0.39 is 17.7 Å². The van der Waals surface area contributed by atoms with Crippen LogP contribution >= 0.6 is 0 Å². The number of H-pyrrole nitrogens is 1. The van der Waals surface area contributed by atoms with Crippen LogP contribution in [0.15, 0.2) is 23.1 Å². The Labute approximate surface area is 100 Å². The first kappa shape index (κ1) is 13.3. The second-order valence-corrected chi connectivity index (χ2v) is 4.82. The number of carbonyl (C=O) groups excluding carboxylic acids is 1. The van der Waals surface area contributed by atoms with Crippen molar-refractivity contribution in [3.05, 3.63) is 34.2 Å². The molecular formula is C12H18N2O3. The lowest BCUT2D eigenvalue weighted by Gasteiger charge is -2.21. The van der Waals surface area contributed by atoms with Gasteiger partial charge in [0.25, 0.3) is 5.56 Å². The monoisotopic (exact) mass is 238 g/mol. The van der Waals surface area contributed by atoms with Gasteiger partial charge in [0.2, 0.25) is 0 Å². The number of aromatic amines is 1. The molecule has 0 aliphatic carbocycles. The van der Waals surface area contributed by atoms with Crippen LogP contribution in [0.4, 0.5) is 4.79 Å². The summed E-state index contributed by atoms with van der Waals surface area (Å²) >= 11 is 0. The standard InChI is InChI=1S/C12H18N2O3/c1-8(9-6-5-7-13-10(9)15)14-11(16)17-12(2,3)4/h5-8H,1-4H3,(H,13,15)(H,14,16). The third-order valence-electron chi connectivity index (χ3n) is 2.05. The highest BCUT2D eigenvalue weighted by Crippen LogP contribution is 2.10.